The van der Waals surface area contributed by atoms with Crippen LogP contribution < -0.4 is 10.9 Å². The molecule has 2 aromatic carbocycles. The van der Waals surface area contributed by atoms with E-state index in [2.05, 4.69) is 20.8 Å². The SMILES string of the molecule is Cc1ccccc1C(=O)NNc1nc(Cl)nc2ccccc12. The third kappa shape index (κ3) is 2.84. The first kappa shape index (κ1) is 14.3. The molecule has 6 heteroatoms. The number of rotatable bonds is 3. The van der Waals surface area contributed by atoms with Crippen molar-refractivity contribution in [2.75, 3.05) is 5.43 Å². The van der Waals surface area contributed by atoms with Crippen LogP contribution in [0.2, 0.25) is 5.28 Å². The average Bonchev–Trinajstić information content (AvgIpc) is 2.52. The standard InChI is InChI=1S/C16H13ClN4O/c1-10-6-2-3-7-11(10)15(22)21-20-14-12-8-4-5-9-13(12)18-16(17)19-14/h2-9H,1H3,(H,21,22)(H,18,19,20). The number of halogens is 1. The van der Waals surface area contributed by atoms with E-state index in [4.69, 9.17) is 11.6 Å². The van der Waals surface area contributed by atoms with Crippen molar-refractivity contribution in [2.24, 2.45) is 0 Å². The average molecular weight is 313 g/mol. The summed E-state index contributed by atoms with van der Waals surface area (Å²) in [4.78, 5) is 20.5. The molecule has 3 aromatic rings. The summed E-state index contributed by atoms with van der Waals surface area (Å²) in [7, 11) is 0. The molecule has 1 amide bonds. The van der Waals surface area contributed by atoms with Gasteiger partial charge in [0.2, 0.25) is 5.28 Å². The molecule has 2 N–H and O–H groups in total. The summed E-state index contributed by atoms with van der Waals surface area (Å²) < 4.78 is 0. The number of nitrogens with one attached hydrogen (secondary N) is 2. The number of hydrazine groups is 1. The Labute approximate surface area is 132 Å². The van der Waals surface area contributed by atoms with Crippen molar-refractivity contribution in [3.8, 4) is 0 Å². The van der Waals surface area contributed by atoms with Gasteiger partial charge >= 0.3 is 0 Å². The number of hydrogen-bond acceptors (Lipinski definition) is 4. The van der Waals surface area contributed by atoms with E-state index in [0.29, 0.717) is 16.9 Å². The second-order valence-corrected chi connectivity index (χ2v) is 5.09. The highest BCUT2D eigenvalue weighted by Gasteiger charge is 2.10. The van der Waals surface area contributed by atoms with Gasteiger partial charge in [-0.25, -0.2) is 4.98 Å². The normalized spacial score (nSPS) is 10.5. The Morgan fingerprint density at radius 2 is 1.77 bits per heavy atom. The zero-order chi connectivity index (χ0) is 15.5. The van der Waals surface area contributed by atoms with Crippen LogP contribution in [0.15, 0.2) is 48.5 Å². The van der Waals surface area contributed by atoms with E-state index < -0.39 is 0 Å². The Kier molecular flexibility index (Phi) is 3.89. The van der Waals surface area contributed by atoms with Crippen molar-refractivity contribution in [1.29, 1.82) is 0 Å². The van der Waals surface area contributed by atoms with E-state index >= 15 is 0 Å². The highest BCUT2D eigenvalue weighted by atomic mass is 35.5. The van der Waals surface area contributed by atoms with Gasteiger partial charge in [-0.05, 0) is 42.3 Å². The fraction of sp³-hybridized carbons (Fsp3) is 0.0625. The molecule has 0 atom stereocenters. The number of amides is 1. The second-order valence-electron chi connectivity index (χ2n) is 4.75. The Morgan fingerprint density at radius 1 is 1.05 bits per heavy atom. The fourth-order valence-corrected chi connectivity index (χ4v) is 2.33. The van der Waals surface area contributed by atoms with Crippen LogP contribution in [0.4, 0.5) is 5.82 Å². The smallest absolute Gasteiger partial charge is 0.269 e. The molecule has 22 heavy (non-hydrogen) atoms. The summed E-state index contributed by atoms with van der Waals surface area (Å²) in [6.07, 6.45) is 0. The van der Waals surface area contributed by atoms with Gasteiger partial charge < -0.3 is 0 Å². The number of aromatic nitrogens is 2. The molecule has 0 fully saturated rings. The summed E-state index contributed by atoms with van der Waals surface area (Å²) in [5.41, 5.74) is 7.65. The molecule has 5 nitrogen and oxygen atoms in total. The van der Waals surface area contributed by atoms with Gasteiger partial charge in [0.05, 0.1) is 5.52 Å². The number of hydrogen-bond donors (Lipinski definition) is 2. The molecular weight excluding hydrogens is 300 g/mol. The zero-order valence-electron chi connectivity index (χ0n) is 11.8. The molecule has 0 aliphatic heterocycles. The van der Waals surface area contributed by atoms with Crippen LogP contribution in [0, 0.1) is 6.92 Å². The molecule has 110 valence electrons. The molecule has 0 aliphatic rings. The van der Waals surface area contributed by atoms with Gasteiger partial charge in [0.15, 0.2) is 5.82 Å². The molecule has 1 heterocycles. The van der Waals surface area contributed by atoms with E-state index in [0.717, 1.165) is 10.9 Å². The minimum Gasteiger partial charge on any atom is -0.281 e. The predicted octanol–water partition coefficient (Wildman–Crippen LogP) is 3.35. The van der Waals surface area contributed by atoms with Gasteiger partial charge in [-0.1, -0.05) is 30.3 Å². The van der Waals surface area contributed by atoms with Gasteiger partial charge in [0, 0.05) is 10.9 Å². The summed E-state index contributed by atoms with van der Waals surface area (Å²) >= 11 is 5.91. The Hall–Kier alpha value is -2.66. The molecule has 0 radical (unpaired) electrons. The van der Waals surface area contributed by atoms with Crippen LogP contribution >= 0.6 is 11.6 Å². The van der Waals surface area contributed by atoms with Gasteiger partial charge in [-0.2, -0.15) is 4.98 Å². The maximum atomic E-state index is 12.2. The van der Waals surface area contributed by atoms with E-state index in [9.17, 15) is 4.79 Å². The van der Waals surface area contributed by atoms with E-state index in [1.54, 1.807) is 6.07 Å². The highest BCUT2D eigenvalue weighted by molar-refractivity contribution is 6.28. The minimum absolute atomic E-state index is 0.117. The Bertz CT molecular complexity index is 850. The zero-order valence-corrected chi connectivity index (χ0v) is 12.6. The molecule has 3 rings (SSSR count). The van der Waals surface area contributed by atoms with E-state index in [-0.39, 0.29) is 11.2 Å². The van der Waals surface area contributed by atoms with Gasteiger partial charge in [-0.15, -0.1) is 0 Å². The third-order valence-corrected chi connectivity index (χ3v) is 3.43. The fourth-order valence-electron chi connectivity index (χ4n) is 2.15. The number of anilines is 1. The van der Waals surface area contributed by atoms with Crippen molar-refractivity contribution in [2.45, 2.75) is 6.92 Å². The first-order valence-electron chi connectivity index (χ1n) is 6.69. The largest absolute Gasteiger partial charge is 0.281 e. The van der Waals surface area contributed by atoms with Crippen molar-refractivity contribution >= 4 is 34.2 Å². The van der Waals surface area contributed by atoms with E-state index in [1.807, 2.05) is 49.4 Å². The quantitative estimate of drug-likeness (QED) is 0.575. The molecule has 0 saturated heterocycles. The van der Waals surface area contributed by atoms with Crippen molar-refractivity contribution in [3.63, 3.8) is 0 Å². The second kappa shape index (κ2) is 5.99. The summed E-state index contributed by atoms with van der Waals surface area (Å²) in [5, 5.41) is 0.892. The Balaban J connectivity index is 1.85. The van der Waals surface area contributed by atoms with Crippen LogP contribution in [0.3, 0.4) is 0 Å². The summed E-state index contributed by atoms with van der Waals surface area (Å²) in [5.74, 6) is 0.217. The lowest BCUT2D eigenvalue weighted by Gasteiger charge is -2.11. The summed E-state index contributed by atoms with van der Waals surface area (Å²) in [6, 6.07) is 14.8. The number of nitrogens with zero attached hydrogens (tertiary/aromatic N) is 2. The molecule has 0 unspecified atom stereocenters. The number of benzene rings is 2. The number of carbonyl (C=O) groups is 1. The monoisotopic (exact) mass is 312 g/mol. The van der Waals surface area contributed by atoms with Crippen LogP contribution in [0.1, 0.15) is 15.9 Å². The minimum atomic E-state index is -0.239. The number of fused-ring (bicyclic) bond motifs is 1. The first-order valence-corrected chi connectivity index (χ1v) is 7.07. The highest BCUT2D eigenvalue weighted by Crippen LogP contribution is 2.21. The number of aryl methyl sites for hydroxylation is 1. The molecule has 0 aliphatic carbocycles. The van der Waals surface area contributed by atoms with Crippen LogP contribution in [0.5, 0.6) is 0 Å². The number of carbonyl (C=O) groups excluding carboxylic acids is 1. The lowest BCUT2D eigenvalue weighted by molar-refractivity contribution is 0.0962. The summed E-state index contributed by atoms with van der Waals surface area (Å²) in [6.45, 7) is 1.88. The van der Waals surface area contributed by atoms with Crippen molar-refractivity contribution in [1.82, 2.24) is 15.4 Å². The molecule has 1 aromatic heterocycles. The van der Waals surface area contributed by atoms with Crippen LogP contribution in [-0.2, 0) is 0 Å². The van der Waals surface area contributed by atoms with Crippen molar-refractivity contribution in [3.05, 3.63) is 64.9 Å². The Morgan fingerprint density at radius 3 is 2.59 bits per heavy atom. The molecule has 0 bridgehead atoms. The maximum absolute atomic E-state index is 12.2. The van der Waals surface area contributed by atoms with Crippen molar-refractivity contribution < 1.29 is 4.79 Å². The van der Waals surface area contributed by atoms with Gasteiger partial charge in [-0.3, -0.25) is 15.6 Å². The maximum Gasteiger partial charge on any atom is 0.269 e. The molecule has 0 saturated carbocycles. The van der Waals surface area contributed by atoms with E-state index in [1.165, 1.54) is 0 Å². The van der Waals surface area contributed by atoms with Gasteiger partial charge in [0.25, 0.3) is 5.91 Å². The predicted molar refractivity (Wildman–Crippen MR) is 86.8 cm³/mol. The molecular formula is C16H13ClN4O. The lowest BCUT2D eigenvalue weighted by atomic mass is 10.1. The molecule has 0 spiro atoms. The van der Waals surface area contributed by atoms with Crippen LogP contribution in [-0.4, -0.2) is 15.9 Å². The van der Waals surface area contributed by atoms with Gasteiger partial charge in [0.1, 0.15) is 0 Å². The lowest BCUT2D eigenvalue weighted by Crippen LogP contribution is -2.30. The van der Waals surface area contributed by atoms with Crippen LogP contribution in [0.25, 0.3) is 10.9 Å². The number of para-hydroxylation sites is 1. The first-order chi connectivity index (χ1) is 10.6. The third-order valence-electron chi connectivity index (χ3n) is 3.26. The topological polar surface area (TPSA) is 66.9 Å².